The van der Waals surface area contributed by atoms with E-state index < -0.39 is 17.5 Å². The molecule has 4 N–H and O–H groups in total. The van der Waals surface area contributed by atoms with Crippen LogP contribution in [0.1, 0.15) is 35.2 Å². The van der Waals surface area contributed by atoms with Crippen LogP contribution in [0, 0.1) is 6.92 Å². The summed E-state index contributed by atoms with van der Waals surface area (Å²) in [6.45, 7) is 3.57. The molecule has 2 unspecified atom stereocenters. The number of ether oxygens (including phenoxy) is 1. The van der Waals surface area contributed by atoms with Crippen molar-refractivity contribution in [3.05, 3.63) is 147 Å². The molecular weight excluding hydrogens is 663 g/mol. The molecule has 2 aliphatic rings. The molecule has 0 bridgehead atoms. The van der Waals surface area contributed by atoms with Crippen molar-refractivity contribution in [2.75, 3.05) is 0 Å². The average molecular weight is 692 g/mol. The summed E-state index contributed by atoms with van der Waals surface area (Å²) in [6.07, 6.45) is 1.93. The van der Waals surface area contributed by atoms with E-state index in [1.807, 2.05) is 85.9 Å². The number of aromatic nitrogens is 4. The lowest BCUT2D eigenvalue weighted by Crippen LogP contribution is -2.59. The molecule has 49 heavy (non-hydrogen) atoms. The second kappa shape index (κ2) is 11.5. The molecule has 12 heteroatoms. The Labute approximate surface area is 290 Å². The largest absolute Gasteiger partial charge is 0.506 e. The van der Waals surface area contributed by atoms with Crippen LogP contribution in [-0.4, -0.2) is 35.7 Å². The molecule has 0 saturated heterocycles. The van der Waals surface area contributed by atoms with Crippen LogP contribution in [-0.2, 0) is 10.5 Å². The monoisotopic (exact) mass is 690 g/mol. The fourth-order valence-electron chi connectivity index (χ4n) is 6.55. The van der Waals surface area contributed by atoms with Crippen molar-refractivity contribution in [3.8, 4) is 40.0 Å². The number of rotatable bonds is 5. The predicted molar refractivity (Wildman–Crippen MR) is 185 cm³/mol. The van der Waals surface area contributed by atoms with E-state index in [4.69, 9.17) is 38.1 Å². The van der Waals surface area contributed by atoms with E-state index >= 15 is 0 Å². The van der Waals surface area contributed by atoms with Gasteiger partial charge in [-0.3, -0.25) is 4.79 Å². The third kappa shape index (κ3) is 4.99. The first-order chi connectivity index (χ1) is 23.6. The highest BCUT2D eigenvalue weighted by Gasteiger charge is 2.48. The molecule has 6 aromatic rings. The molecule has 4 aromatic carbocycles. The smallest absolute Gasteiger partial charge is 0.255 e. The Morgan fingerprint density at radius 2 is 1.53 bits per heavy atom. The predicted octanol–water partition coefficient (Wildman–Crippen LogP) is 7.08. The molecule has 4 heterocycles. The van der Waals surface area contributed by atoms with Crippen LogP contribution in [0.3, 0.4) is 0 Å². The average Bonchev–Trinajstić information content (AvgIpc) is 3.69. The van der Waals surface area contributed by atoms with Gasteiger partial charge < -0.3 is 25.6 Å². The van der Waals surface area contributed by atoms with Gasteiger partial charge in [0.25, 0.3) is 5.91 Å². The van der Waals surface area contributed by atoms with E-state index in [1.54, 1.807) is 28.4 Å². The summed E-state index contributed by atoms with van der Waals surface area (Å²) in [5, 5.41) is 37.8. The number of hydrogen-bond donors (Lipinski definition) is 4. The number of hydrogen-bond acceptors (Lipinski definition) is 7. The van der Waals surface area contributed by atoms with Crippen LogP contribution < -0.4 is 15.4 Å². The van der Waals surface area contributed by atoms with Crippen molar-refractivity contribution in [2.45, 2.75) is 25.4 Å². The molecular formula is C37H28Cl2N6O4. The Balaban J connectivity index is 1.38. The standard InChI is InChI=1S/C37H28Cl2N6O4/c1-20-28-29(25-19-44(23-9-5-3-6-10-23)43-32(25)21-13-15-22(38)16-14-21)30-34(48)40-37(2,26-17-18-27(46)31(39)33(26)47)41-35(30)49-36(28)45(42-20)24-11-7-4-8-12-24/h3-19,29,41,46-47H,1-2H3,(H,40,48). The second-order valence-electron chi connectivity index (χ2n) is 12.0. The number of aryl methyl sites for hydroxylation is 1. The highest BCUT2D eigenvalue weighted by atomic mass is 35.5. The number of nitrogens with zero attached hydrogens (tertiary/aromatic N) is 4. The number of halogens is 2. The number of fused-ring (bicyclic) bond motifs is 1. The first-order valence-corrected chi connectivity index (χ1v) is 16.2. The molecule has 0 saturated carbocycles. The van der Waals surface area contributed by atoms with Gasteiger partial charge in [0.1, 0.15) is 22.2 Å². The van der Waals surface area contributed by atoms with Gasteiger partial charge in [-0.15, -0.1) is 0 Å². The topological polar surface area (TPSA) is 126 Å². The summed E-state index contributed by atoms with van der Waals surface area (Å²) in [7, 11) is 0. The fourth-order valence-corrected chi connectivity index (χ4v) is 6.84. The number of carbonyl (C=O) groups excluding carboxylic acids is 1. The van der Waals surface area contributed by atoms with Crippen molar-refractivity contribution in [3.63, 3.8) is 0 Å². The van der Waals surface area contributed by atoms with Gasteiger partial charge >= 0.3 is 0 Å². The fraction of sp³-hybridized carbons (Fsp3) is 0.108. The van der Waals surface area contributed by atoms with Crippen LogP contribution in [0.5, 0.6) is 17.4 Å². The number of para-hydroxylation sites is 2. The molecule has 8 rings (SSSR count). The third-order valence-corrected chi connectivity index (χ3v) is 9.51. The van der Waals surface area contributed by atoms with E-state index in [9.17, 15) is 15.0 Å². The molecule has 2 atom stereocenters. The van der Waals surface area contributed by atoms with E-state index in [2.05, 4.69) is 10.6 Å². The van der Waals surface area contributed by atoms with Gasteiger partial charge in [-0.2, -0.15) is 10.2 Å². The van der Waals surface area contributed by atoms with Gasteiger partial charge in [0, 0.05) is 27.9 Å². The molecule has 10 nitrogen and oxygen atoms in total. The summed E-state index contributed by atoms with van der Waals surface area (Å²) in [5.41, 5.74) is 4.26. The molecule has 0 aliphatic carbocycles. The summed E-state index contributed by atoms with van der Waals surface area (Å²) in [4.78, 5) is 14.5. The molecule has 0 fully saturated rings. The van der Waals surface area contributed by atoms with Crippen LogP contribution in [0.25, 0.3) is 22.6 Å². The third-order valence-electron chi connectivity index (χ3n) is 8.88. The van der Waals surface area contributed by atoms with Crippen molar-refractivity contribution in [1.29, 1.82) is 0 Å². The van der Waals surface area contributed by atoms with Crippen LogP contribution in [0.2, 0.25) is 10.0 Å². The number of carbonyl (C=O) groups is 1. The first kappa shape index (κ1) is 30.6. The lowest BCUT2D eigenvalue weighted by Gasteiger charge is -2.42. The van der Waals surface area contributed by atoms with E-state index in [0.29, 0.717) is 33.4 Å². The summed E-state index contributed by atoms with van der Waals surface area (Å²) in [5.74, 6) is -1.24. The minimum absolute atomic E-state index is 0.166. The van der Waals surface area contributed by atoms with Crippen molar-refractivity contribution in [1.82, 2.24) is 30.2 Å². The van der Waals surface area contributed by atoms with Gasteiger partial charge in [0.15, 0.2) is 0 Å². The zero-order valence-electron chi connectivity index (χ0n) is 26.1. The molecule has 0 spiro atoms. The Morgan fingerprint density at radius 1 is 0.857 bits per heavy atom. The second-order valence-corrected chi connectivity index (χ2v) is 12.9. The van der Waals surface area contributed by atoms with Crippen molar-refractivity contribution < 1.29 is 19.7 Å². The lowest BCUT2D eigenvalue weighted by atomic mass is 9.81. The van der Waals surface area contributed by atoms with Crippen LogP contribution in [0.4, 0.5) is 0 Å². The van der Waals surface area contributed by atoms with Gasteiger partial charge in [-0.05, 0) is 62.4 Å². The Morgan fingerprint density at radius 3 is 2.22 bits per heavy atom. The molecule has 2 aliphatic heterocycles. The van der Waals surface area contributed by atoms with Gasteiger partial charge in [-0.25, -0.2) is 9.36 Å². The Bertz CT molecular complexity index is 2300. The normalized spacial score (nSPS) is 18.3. The van der Waals surface area contributed by atoms with Gasteiger partial charge in [0.2, 0.25) is 11.8 Å². The Kier molecular flexibility index (Phi) is 7.16. The van der Waals surface area contributed by atoms with Crippen LogP contribution >= 0.6 is 23.2 Å². The zero-order valence-corrected chi connectivity index (χ0v) is 27.7. The number of benzene rings is 4. The highest BCUT2D eigenvalue weighted by molar-refractivity contribution is 6.33. The van der Waals surface area contributed by atoms with Gasteiger partial charge in [-0.1, -0.05) is 71.7 Å². The van der Waals surface area contributed by atoms with E-state index in [0.717, 1.165) is 22.5 Å². The molecule has 2 aromatic heterocycles. The number of amides is 1. The van der Waals surface area contributed by atoms with E-state index in [-0.39, 0.29) is 28.0 Å². The molecule has 0 radical (unpaired) electrons. The van der Waals surface area contributed by atoms with Gasteiger partial charge in [0.05, 0.1) is 39.8 Å². The highest BCUT2D eigenvalue weighted by Crippen LogP contribution is 2.50. The molecule has 1 amide bonds. The summed E-state index contributed by atoms with van der Waals surface area (Å²) >= 11 is 12.5. The maximum atomic E-state index is 14.5. The Hall–Kier alpha value is -5.71. The maximum Gasteiger partial charge on any atom is 0.255 e. The number of phenols is 2. The quantitative estimate of drug-likeness (QED) is 0.152. The minimum atomic E-state index is -1.39. The SMILES string of the molecule is Cc1nn(-c2ccccc2)c2c1C(c1cn(-c3ccccc3)nc1-c1ccc(Cl)cc1)C1=C(NC(C)(c3ccc(O)c(Cl)c3O)NC1=O)O2. The summed E-state index contributed by atoms with van der Waals surface area (Å²) < 4.78 is 10.1. The minimum Gasteiger partial charge on any atom is -0.506 e. The maximum absolute atomic E-state index is 14.5. The summed E-state index contributed by atoms with van der Waals surface area (Å²) in [6, 6.07) is 29.5. The van der Waals surface area contributed by atoms with Crippen molar-refractivity contribution >= 4 is 29.1 Å². The van der Waals surface area contributed by atoms with Crippen molar-refractivity contribution in [2.24, 2.45) is 0 Å². The van der Waals surface area contributed by atoms with Crippen LogP contribution in [0.15, 0.2) is 115 Å². The zero-order chi connectivity index (χ0) is 34.0. The first-order valence-electron chi connectivity index (χ1n) is 15.4. The number of aromatic hydroxyl groups is 2. The number of phenolic OH excluding ortho intramolecular Hbond substituents is 2. The number of nitrogens with one attached hydrogen (secondary N) is 2. The van der Waals surface area contributed by atoms with E-state index in [1.165, 1.54) is 12.1 Å². The molecule has 244 valence electrons. The lowest BCUT2D eigenvalue weighted by molar-refractivity contribution is -0.121.